The van der Waals surface area contributed by atoms with Crippen molar-refractivity contribution >= 4 is 40.2 Å². The second-order valence-electron chi connectivity index (χ2n) is 8.80. The maximum absolute atomic E-state index is 13.0. The van der Waals surface area contributed by atoms with Crippen molar-refractivity contribution in [3.8, 4) is 11.5 Å². The fourth-order valence-electron chi connectivity index (χ4n) is 4.90. The van der Waals surface area contributed by atoms with Crippen LogP contribution in [0, 0.1) is 5.92 Å². The summed E-state index contributed by atoms with van der Waals surface area (Å²) in [7, 11) is 3.09. The van der Waals surface area contributed by atoms with Crippen LogP contribution in [0.5, 0.6) is 11.5 Å². The van der Waals surface area contributed by atoms with Crippen molar-refractivity contribution in [2.75, 3.05) is 37.5 Å². The van der Waals surface area contributed by atoms with E-state index in [9.17, 15) is 4.79 Å². The number of anilines is 2. The summed E-state index contributed by atoms with van der Waals surface area (Å²) in [6, 6.07) is 3.33. The topological polar surface area (TPSA) is 94.4 Å². The van der Waals surface area contributed by atoms with Crippen LogP contribution in [0.4, 0.5) is 11.5 Å². The summed E-state index contributed by atoms with van der Waals surface area (Å²) < 4.78 is 12.9. The molecule has 0 atom stereocenters. The number of amides is 1. The smallest absolute Gasteiger partial charge is 0.227 e. The molecule has 1 fully saturated rings. The van der Waals surface area contributed by atoms with Crippen molar-refractivity contribution in [1.29, 1.82) is 0 Å². The Morgan fingerprint density at radius 2 is 1.85 bits per heavy atom. The number of nitrogens with one attached hydrogen (secondary N) is 1. The number of fused-ring (bicyclic) bond motifs is 3. The number of rotatable bonds is 5. The first-order chi connectivity index (χ1) is 16.6. The highest BCUT2D eigenvalue weighted by molar-refractivity contribution is 6.32. The van der Waals surface area contributed by atoms with Crippen molar-refractivity contribution < 1.29 is 14.3 Å². The van der Waals surface area contributed by atoms with E-state index in [0.29, 0.717) is 22.2 Å². The minimum absolute atomic E-state index is 0.0410. The van der Waals surface area contributed by atoms with Crippen LogP contribution in [0.3, 0.4) is 0 Å². The average Bonchev–Trinajstić information content (AvgIpc) is 3.05. The van der Waals surface area contributed by atoms with Crippen LogP contribution in [0.1, 0.15) is 37.9 Å². The lowest BCUT2D eigenvalue weighted by Gasteiger charge is -2.32. The van der Waals surface area contributed by atoms with Gasteiger partial charge in [0.1, 0.15) is 23.7 Å². The van der Waals surface area contributed by atoms with E-state index in [-0.39, 0.29) is 11.8 Å². The zero-order chi connectivity index (χ0) is 23.7. The van der Waals surface area contributed by atoms with E-state index >= 15 is 0 Å². The number of imidazole rings is 1. The number of halogens is 1. The van der Waals surface area contributed by atoms with E-state index in [0.717, 1.165) is 74.5 Å². The Morgan fingerprint density at radius 1 is 1.06 bits per heavy atom. The standard InChI is InChI=1S/C24H29ClN6O3/c1-33-18-13-19(34-2)17(12-16(18)25)28-24(32)15-7-10-30(11-8-15)22-21-23(27-14-26-22)31-9-5-3-4-6-20(31)29-21/h12-15H,3-11H2,1-2H3,(H,28,32). The minimum atomic E-state index is -0.113. The molecule has 0 spiro atoms. The molecule has 34 heavy (non-hydrogen) atoms. The fourth-order valence-corrected chi connectivity index (χ4v) is 5.14. The quantitative estimate of drug-likeness (QED) is 0.583. The highest BCUT2D eigenvalue weighted by Gasteiger charge is 2.29. The van der Waals surface area contributed by atoms with Gasteiger partial charge < -0.3 is 24.3 Å². The summed E-state index contributed by atoms with van der Waals surface area (Å²) in [6.07, 6.45) is 7.60. The maximum Gasteiger partial charge on any atom is 0.227 e. The third-order valence-corrected chi connectivity index (χ3v) is 7.07. The third-order valence-electron chi connectivity index (χ3n) is 6.77. The normalized spacial score (nSPS) is 16.7. The van der Waals surface area contributed by atoms with E-state index in [1.54, 1.807) is 32.7 Å². The van der Waals surface area contributed by atoms with Gasteiger partial charge in [-0.05, 0) is 31.7 Å². The number of hydrogen-bond donors (Lipinski definition) is 1. The molecule has 0 aliphatic carbocycles. The number of aryl methyl sites for hydroxylation is 2. The summed E-state index contributed by atoms with van der Waals surface area (Å²) in [4.78, 5) is 29.3. The lowest BCUT2D eigenvalue weighted by molar-refractivity contribution is -0.120. The monoisotopic (exact) mass is 484 g/mol. The Balaban J connectivity index is 1.29. The number of piperidine rings is 1. The molecule has 9 nitrogen and oxygen atoms in total. The van der Waals surface area contributed by atoms with Gasteiger partial charge in [0.05, 0.1) is 24.9 Å². The van der Waals surface area contributed by atoms with Crippen LogP contribution >= 0.6 is 11.6 Å². The van der Waals surface area contributed by atoms with Gasteiger partial charge in [-0.1, -0.05) is 18.0 Å². The number of carbonyl (C=O) groups excluding carboxylic acids is 1. The van der Waals surface area contributed by atoms with Crippen LogP contribution in [-0.2, 0) is 17.8 Å². The average molecular weight is 485 g/mol. The molecule has 3 aromatic rings. The highest BCUT2D eigenvalue weighted by atomic mass is 35.5. The molecule has 1 aromatic carbocycles. The van der Waals surface area contributed by atoms with Gasteiger partial charge in [-0.25, -0.2) is 15.0 Å². The third kappa shape index (κ3) is 4.24. The van der Waals surface area contributed by atoms with Crippen molar-refractivity contribution in [3.63, 3.8) is 0 Å². The number of methoxy groups -OCH3 is 2. The van der Waals surface area contributed by atoms with Gasteiger partial charge in [0, 0.05) is 38.0 Å². The zero-order valence-corrected chi connectivity index (χ0v) is 20.3. The van der Waals surface area contributed by atoms with Gasteiger partial charge in [0.2, 0.25) is 5.91 Å². The van der Waals surface area contributed by atoms with Crippen molar-refractivity contribution in [2.24, 2.45) is 5.92 Å². The van der Waals surface area contributed by atoms with Gasteiger partial charge in [-0.3, -0.25) is 4.79 Å². The van der Waals surface area contributed by atoms with Gasteiger partial charge >= 0.3 is 0 Å². The van der Waals surface area contributed by atoms with Crippen LogP contribution in [0.25, 0.3) is 11.2 Å². The van der Waals surface area contributed by atoms with Crippen molar-refractivity contribution in [1.82, 2.24) is 19.5 Å². The molecular formula is C24H29ClN6O3. The molecule has 1 saturated heterocycles. The second kappa shape index (κ2) is 9.66. The maximum atomic E-state index is 13.0. The van der Waals surface area contributed by atoms with E-state index in [1.165, 1.54) is 6.42 Å². The van der Waals surface area contributed by atoms with E-state index < -0.39 is 0 Å². The van der Waals surface area contributed by atoms with Gasteiger partial charge in [0.15, 0.2) is 17.0 Å². The zero-order valence-electron chi connectivity index (χ0n) is 19.5. The fraction of sp³-hybridized carbons (Fsp3) is 0.500. The second-order valence-corrected chi connectivity index (χ2v) is 9.20. The number of benzene rings is 1. The van der Waals surface area contributed by atoms with Crippen LogP contribution < -0.4 is 19.7 Å². The Morgan fingerprint density at radius 3 is 2.62 bits per heavy atom. The molecule has 1 amide bonds. The van der Waals surface area contributed by atoms with Gasteiger partial charge in [-0.15, -0.1) is 0 Å². The van der Waals surface area contributed by atoms with E-state index in [1.807, 2.05) is 0 Å². The predicted octanol–water partition coefficient (Wildman–Crippen LogP) is 4.08. The molecule has 5 rings (SSSR count). The van der Waals surface area contributed by atoms with Crippen molar-refractivity contribution in [3.05, 3.63) is 29.3 Å². The molecule has 180 valence electrons. The first kappa shape index (κ1) is 22.7. The molecule has 0 radical (unpaired) electrons. The lowest BCUT2D eigenvalue weighted by Crippen LogP contribution is -2.38. The summed E-state index contributed by atoms with van der Waals surface area (Å²) in [6.45, 7) is 2.42. The van der Waals surface area contributed by atoms with Gasteiger partial charge in [0.25, 0.3) is 0 Å². The summed E-state index contributed by atoms with van der Waals surface area (Å²) in [5.41, 5.74) is 2.34. The molecule has 10 heteroatoms. The van der Waals surface area contributed by atoms with Crippen molar-refractivity contribution in [2.45, 2.75) is 45.1 Å². The summed E-state index contributed by atoms with van der Waals surface area (Å²) in [5.74, 6) is 2.83. The molecule has 4 heterocycles. The van der Waals surface area contributed by atoms with E-state index in [2.05, 4.69) is 24.8 Å². The molecule has 1 N–H and O–H groups in total. The highest BCUT2D eigenvalue weighted by Crippen LogP contribution is 2.37. The first-order valence-corrected chi connectivity index (χ1v) is 12.1. The Hall–Kier alpha value is -3.07. The number of aromatic nitrogens is 4. The molecule has 0 unspecified atom stereocenters. The number of ether oxygens (including phenoxy) is 2. The molecular weight excluding hydrogens is 456 g/mol. The number of carbonyl (C=O) groups is 1. The Kier molecular flexibility index (Phi) is 6.45. The molecule has 0 saturated carbocycles. The largest absolute Gasteiger partial charge is 0.495 e. The summed E-state index contributed by atoms with van der Waals surface area (Å²) in [5, 5.41) is 3.40. The SMILES string of the molecule is COc1cc(OC)c(NC(=O)C2CCN(c3ncnc4c3nc3n4CCCCC3)CC2)cc1Cl. The van der Waals surface area contributed by atoms with Crippen LogP contribution in [0.15, 0.2) is 18.5 Å². The van der Waals surface area contributed by atoms with Crippen LogP contribution in [-0.4, -0.2) is 52.7 Å². The molecule has 2 aromatic heterocycles. The lowest BCUT2D eigenvalue weighted by atomic mass is 9.95. The minimum Gasteiger partial charge on any atom is -0.495 e. The van der Waals surface area contributed by atoms with E-state index in [4.69, 9.17) is 26.1 Å². The predicted molar refractivity (Wildman–Crippen MR) is 131 cm³/mol. The molecule has 0 bridgehead atoms. The van der Waals surface area contributed by atoms with Gasteiger partial charge in [-0.2, -0.15) is 0 Å². The molecule has 2 aliphatic rings. The first-order valence-electron chi connectivity index (χ1n) is 11.8. The Bertz CT molecular complexity index is 1210. The Labute approximate surface area is 203 Å². The number of hydrogen-bond acceptors (Lipinski definition) is 7. The summed E-state index contributed by atoms with van der Waals surface area (Å²) >= 11 is 6.25. The number of nitrogens with zero attached hydrogens (tertiary/aromatic N) is 5. The molecule has 2 aliphatic heterocycles. The van der Waals surface area contributed by atoms with Crippen LogP contribution in [0.2, 0.25) is 5.02 Å².